The molecule has 68 valence electrons. The van der Waals surface area contributed by atoms with Crippen LogP contribution < -0.4 is 0 Å². The fraction of sp³-hybridized carbons (Fsp3) is 0.500. The summed E-state index contributed by atoms with van der Waals surface area (Å²) in [5.41, 5.74) is -0.0271. The van der Waals surface area contributed by atoms with Gasteiger partial charge in [-0.1, -0.05) is 27.4 Å². The van der Waals surface area contributed by atoms with E-state index in [-0.39, 0.29) is 5.41 Å². The Morgan fingerprint density at radius 3 is 2.33 bits per heavy atom. The SMILES string of the molecule is C=CO/C(=C\N=CC)C(C)(C)C. The van der Waals surface area contributed by atoms with Crippen molar-refractivity contribution in [1.82, 2.24) is 0 Å². The molecule has 0 unspecified atom stereocenters. The van der Waals surface area contributed by atoms with E-state index in [1.165, 1.54) is 6.26 Å². The fourth-order valence-corrected chi connectivity index (χ4v) is 0.633. The molecule has 0 rings (SSSR count). The second kappa shape index (κ2) is 4.75. The Kier molecular flexibility index (Phi) is 4.34. The third-order valence-corrected chi connectivity index (χ3v) is 1.29. The lowest BCUT2D eigenvalue weighted by atomic mass is 9.94. The average molecular weight is 167 g/mol. The molecule has 0 bridgehead atoms. The van der Waals surface area contributed by atoms with Crippen molar-refractivity contribution in [3.8, 4) is 0 Å². The molecule has 12 heavy (non-hydrogen) atoms. The second-order valence-corrected chi connectivity index (χ2v) is 3.44. The average Bonchev–Trinajstić information content (AvgIpc) is 1.95. The zero-order chi connectivity index (χ0) is 9.61. The van der Waals surface area contributed by atoms with E-state index in [9.17, 15) is 0 Å². The first-order valence-electron chi connectivity index (χ1n) is 3.98. The molecule has 0 amide bonds. The molecule has 0 aromatic carbocycles. The minimum atomic E-state index is -0.0271. The van der Waals surface area contributed by atoms with E-state index in [1.54, 1.807) is 12.4 Å². The quantitative estimate of drug-likeness (QED) is 0.467. The van der Waals surface area contributed by atoms with Gasteiger partial charge in [-0.05, 0) is 6.92 Å². The molecule has 0 aliphatic heterocycles. The van der Waals surface area contributed by atoms with Crippen molar-refractivity contribution in [1.29, 1.82) is 0 Å². The normalized spacial score (nSPS) is 13.5. The number of hydrogen-bond acceptors (Lipinski definition) is 2. The maximum atomic E-state index is 5.22. The number of ether oxygens (including phenoxy) is 1. The Bertz CT molecular complexity index is 196. The molecular formula is C10H17NO. The highest BCUT2D eigenvalue weighted by Gasteiger charge is 2.17. The molecule has 0 saturated carbocycles. The molecule has 0 spiro atoms. The van der Waals surface area contributed by atoms with Crippen LogP contribution in [0.4, 0.5) is 0 Å². The zero-order valence-corrected chi connectivity index (χ0v) is 8.29. The van der Waals surface area contributed by atoms with Gasteiger partial charge in [0.2, 0.25) is 0 Å². The third kappa shape index (κ3) is 3.96. The van der Waals surface area contributed by atoms with Gasteiger partial charge >= 0.3 is 0 Å². The Hall–Kier alpha value is -1.05. The Balaban J connectivity index is 4.53. The topological polar surface area (TPSA) is 21.6 Å². The minimum absolute atomic E-state index is 0.0271. The maximum absolute atomic E-state index is 5.22. The van der Waals surface area contributed by atoms with E-state index in [1.807, 2.05) is 6.92 Å². The van der Waals surface area contributed by atoms with Gasteiger partial charge in [-0.3, -0.25) is 4.99 Å². The van der Waals surface area contributed by atoms with E-state index >= 15 is 0 Å². The molecule has 0 fully saturated rings. The van der Waals surface area contributed by atoms with E-state index in [0.717, 1.165) is 5.76 Å². The van der Waals surface area contributed by atoms with Crippen LogP contribution in [0.1, 0.15) is 27.7 Å². The third-order valence-electron chi connectivity index (χ3n) is 1.29. The van der Waals surface area contributed by atoms with Gasteiger partial charge in [0.05, 0.1) is 12.5 Å². The van der Waals surface area contributed by atoms with E-state index < -0.39 is 0 Å². The lowest BCUT2D eigenvalue weighted by molar-refractivity contribution is 0.245. The minimum Gasteiger partial charge on any atom is -0.468 e. The van der Waals surface area contributed by atoms with Crippen LogP contribution in [0.5, 0.6) is 0 Å². The summed E-state index contributed by atoms with van der Waals surface area (Å²) in [7, 11) is 0. The van der Waals surface area contributed by atoms with Crippen molar-refractivity contribution in [3.63, 3.8) is 0 Å². The van der Waals surface area contributed by atoms with Gasteiger partial charge in [-0.2, -0.15) is 0 Å². The van der Waals surface area contributed by atoms with E-state index in [0.29, 0.717) is 0 Å². The Morgan fingerprint density at radius 2 is 2.00 bits per heavy atom. The van der Waals surface area contributed by atoms with Gasteiger partial charge in [0.15, 0.2) is 0 Å². The Labute approximate surface area is 74.7 Å². The zero-order valence-electron chi connectivity index (χ0n) is 8.29. The van der Waals surface area contributed by atoms with Crippen LogP contribution in [0, 0.1) is 5.41 Å². The van der Waals surface area contributed by atoms with Gasteiger partial charge in [-0.25, -0.2) is 0 Å². The first-order chi connectivity index (χ1) is 5.52. The summed E-state index contributed by atoms with van der Waals surface area (Å²) in [4.78, 5) is 4.00. The number of aliphatic imine (C=N–C) groups is 1. The molecule has 0 saturated heterocycles. The van der Waals surface area contributed by atoms with Crippen LogP contribution >= 0.6 is 0 Å². The highest BCUT2D eigenvalue weighted by Crippen LogP contribution is 2.26. The van der Waals surface area contributed by atoms with Crippen LogP contribution in [-0.4, -0.2) is 6.21 Å². The van der Waals surface area contributed by atoms with Crippen LogP contribution in [0.2, 0.25) is 0 Å². The number of rotatable bonds is 3. The second-order valence-electron chi connectivity index (χ2n) is 3.44. The predicted octanol–water partition coefficient (Wildman–Crippen LogP) is 3.12. The first kappa shape index (κ1) is 11.0. The maximum Gasteiger partial charge on any atom is 0.127 e. The van der Waals surface area contributed by atoms with Crippen molar-refractivity contribution in [3.05, 3.63) is 24.8 Å². The van der Waals surface area contributed by atoms with Gasteiger partial charge < -0.3 is 4.74 Å². The number of hydrogen-bond donors (Lipinski definition) is 0. The summed E-state index contributed by atoms with van der Waals surface area (Å²) < 4.78 is 5.22. The smallest absolute Gasteiger partial charge is 0.127 e. The van der Waals surface area contributed by atoms with Crippen molar-refractivity contribution >= 4 is 6.21 Å². The summed E-state index contributed by atoms with van der Waals surface area (Å²) >= 11 is 0. The summed E-state index contributed by atoms with van der Waals surface area (Å²) in [5.74, 6) is 0.815. The van der Waals surface area contributed by atoms with Crippen LogP contribution in [-0.2, 0) is 4.74 Å². The molecule has 2 heteroatoms. The number of allylic oxidation sites excluding steroid dienone is 1. The van der Waals surface area contributed by atoms with Crippen LogP contribution in [0.25, 0.3) is 0 Å². The largest absolute Gasteiger partial charge is 0.468 e. The molecule has 0 heterocycles. The molecule has 0 atom stereocenters. The molecule has 0 N–H and O–H groups in total. The lowest BCUT2D eigenvalue weighted by Gasteiger charge is -2.20. The first-order valence-corrected chi connectivity index (χ1v) is 3.98. The molecule has 0 aliphatic carbocycles. The standard InChI is InChI=1S/C10H17NO/c1-6-11-8-9(12-7-2)10(3,4)5/h6-8H,2H2,1,3-5H3/b9-8-,11-6?. The van der Waals surface area contributed by atoms with Crippen LogP contribution in [0.15, 0.2) is 29.8 Å². The molecule has 0 aromatic rings. The number of nitrogens with zero attached hydrogens (tertiary/aromatic N) is 1. The fourth-order valence-electron chi connectivity index (χ4n) is 0.633. The summed E-state index contributed by atoms with van der Waals surface area (Å²) in [5, 5.41) is 0. The van der Waals surface area contributed by atoms with Gasteiger partial charge in [0, 0.05) is 11.6 Å². The summed E-state index contributed by atoms with van der Waals surface area (Å²) in [6.45, 7) is 11.6. The van der Waals surface area contributed by atoms with Crippen molar-refractivity contribution in [2.24, 2.45) is 10.4 Å². The Morgan fingerprint density at radius 1 is 1.42 bits per heavy atom. The molecule has 2 nitrogen and oxygen atoms in total. The van der Waals surface area contributed by atoms with Gasteiger partial charge in [0.25, 0.3) is 0 Å². The van der Waals surface area contributed by atoms with Crippen molar-refractivity contribution in [2.45, 2.75) is 27.7 Å². The highest BCUT2D eigenvalue weighted by atomic mass is 16.5. The van der Waals surface area contributed by atoms with Crippen molar-refractivity contribution < 1.29 is 4.74 Å². The van der Waals surface area contributed by atoms with E-state index in [4.69, 9.17) is 4.74 Å². The predicted molar refractivity (Wildman–Crippen MR) is 53.0 cm³/mol. The monoisotopic (exact) mass is 167 g/mol. The molecule has 0 aromatic heterocycles. The van der Waals surface area contributed by atoms with E-state index in [2.05, 4.69) is 32.3 Å². The molecule has 0 radical (unpaired) electrons. The van der Waals surface area contributed by atoms with Gasteiger partial charge in [0.1, 0.15) is 5.76 Å². The lowest BCUT2D eigenvalue weighted by Crippen LogP contribution is -2.10. The molecule has 0 aliphatic rings. The van der Waals surface area contributed by atoms with Gasteiger partial charge in [-0.15, -0.1) is 0 Å². The highest BCUT2D eigenvalue weighted by molar-refractivity contribution is 5.54. The van der Waals surface area contributed by atoms with Crippen LogP contribution in [0.3, 0.4) is 0 Å². The van der Waals surface area contributed by atoms with Crippen molar-refractivity contribution in [2.75, 3.05) is 0 Å². The summed E-state index contributed by atoms with van der Waals surface area (Å²) in [6.07, 6.45) is 4.85. The summed E-state index contributed by atoms with van der Waals surface area (Å²) in [6, 6.07) is 0. The molecular weight excluding hydrogens is 150 g/mol.